The van der Waals surface area contributed by atoms with Crippen molar-refractivity contribution in [3.05, 3.63) is 35.4 Å². The van der Waals surface area contributed by atoms with Crippen LogP contribution in [-0.4, -0.2) is 53.3 Å². The van der Waals surface area contributed by atoms with E-state index in [1.807, 2.05) is 0 Å². The summed E-state index contributed by atoms with van der Waals surface area (Å²) in [4.78, 5) is 33.2. The monoisotopic (exact) mass is 295 g/mol. The normalized spacial score (nSPS) is 13.1. The summed E-state index contributed by atoms with van der Waals surface area (Å²) in [5.41, 5.74) is -0.0372. The van der Waals surface area contributed by atoms with Crippen molar-refractivity contribution in [3.63, 3.8) is 0 Å². The number of benzene rings is 1. The Morgan fingerprint density at radius 2 is 1.52 bits per heavy atom. The van der Waals surface area contributed by atoms with Gasteiger partial charge in [0.2, 0.25) is 0 Å². The van der Waals surface area contributed by atoms with Gasteiger partial charge in [0.25, 0.3) is 0 Å². The van der Waals surface area contributed by atoms with Crippen LogP contribution >= 0.6 is 0 Å². The van der Waals surface area contributed by atoms with Crippen molar-refractivity contribution in [1.82, 2.24) is 4.90 Å². The lowest BCUT2D eigenvalue weighted by Crippen LogP contribution is -2.27. The van der Waals surface area contributed by atoms with Crippen LogP contribution in [-0.2, 0) is 4.74 Å². The summed E-state index contributed by atoms with van der Waals surface area (Å²) in [5.74, 6) is -2.25. The Kier molecular flexibility index (Phi) is 6.19. The van der Waals surface area contributed by atoms with Crippen LogP contribution in [0.2, 0.25) is 0 Å². The van der Waals surface area contributed by atoms with Crippen molar-refractivity contribution in [2.24, 2.45) is 0 Å². The van der Waals surface area contributed by atoms with E-state index in [0.717, 1.165) is 32.0 Å². The quantitative estimate of drug-likeness (QED) is 0.864. The van der Waals surface area contributed by atoms with Crippen molar-refractivity contribution < 1.29 is 29.3 Å². The van der Waals surface area contributed by atoms with Gasteiger partial charge in [-0.1, -0.05) is 6.07 Å². The largest absolute Gasteiger partial charge is 0.478 e. The van der Waals surface area contributed by atoms with Crippen LogP contribution in [0.3, 0.4) is 0 Å². The number of carboxylic acids is 2. The fourth-order valence-electron chi connectivity index (χ4n) is 1.81. The Morgan fingerprint density at radius 3 is 1.90 bits per heavy atom. The fraction of sp³-hybridized carbons (Fsp3) is 0.357. The first kappa shape index (κ1) is 16.5. The van der Waals surface area contributed by atoms with Gasteiger partial charge in [0.15, 0.2) is 0 Å². The molecular formula is C14H17NO6. The number of hydrogen-bond acceptors (Lipinski definition) is 4. The molecule has 0 aliphatic carbocycles. The number of aromatic carboxylic acids is 2. The highest BCUT2D eigenvalue weighted by Crippen LogP contribution is 2.07. The van der Waals surface area contributed by atoms with Crippen LogP contribution in [0.25, 0.3) is 0 Å². The molecule has 0 atom stereocenters. The smallest absolute Gasteiger partial charge is 0.409 e. The second-order valence-electron chi connectivity index (χ2n) is 4.36. The average Bonchev–Trinajstić information content (AvgIpc) is 3.01. The molecular weight excluding hydrogens is 278 g/mol. The number of carbonyl (C=O) groups excluding carboxylic acids is 1. The molecule has 2 rings (SSSR count). The minimum atomic E-state index is -1.13. The van der Waals surface area contributed by atoms with Crippen molar-refractivity contribution in [2.75, 3.05) is 20.2 Å². The van der Waals surface area contributed by atoms with Gasteiger partial charge in [-0.05, 0) is 31.0 Å². The van der Waals surface area contributed by atoms with Crippen molar-refractivity contribution in [2.45, 2.75) is 12.8 Å². The van der Waals surface area contributed by atoms with Crippen molar-refractivity contribution in [1.29, 1.82) is 0 Å². The van der Waals surface area contributed by atoms with E-state index in [1.54, 1.807) is 4.90 Å². The number of carbonyl (C=O) groups is 3. The minimum absolute atomic E-state index is 0.0186. The van der Waals surface area contributed by atoms with Gasteiger partial charge in [-0.2, -0.15) is 0 Å². The van der Waals surface area contributed by atoms with Crippen LogP contribution in [0, 0.1) is 0 Å². The molecule has 7 heteroatoms. The summed E-state index contributed by atoms with van der Waals surface area (Å²) in [6, 6.07) is 5.20. The minimum Gasteiger partial charge on any atom is -0.478 e. The van der Waals surface area contributed by atoms with E-state index in [9.17, 15) is 14.4 Å². The molecule has 1 amide bonds. The van der Waals surface area contributed by atoms with Gasteiger partial charge in [-0.15, -0.1) is 0 Å². The van der Waals surface area contributed by atoms with Crippen LogP contribution in [0.4, 0.5) is 4.79 Å². The van der Waals surface area contributed by atoms with Gasteiger partial charge in [-0.3, -0.25) is 0 Å². The van der Waals surface area contributed by atoms with Crippen molar-refractivity contribution >= 4 is 18.0 Å². The summed E-state index contributed by atoms with van der Waals surface area (Å²) in [7, 11) is 1.42. The van der Waals surface area contributed by atoms with Crippen LogP contribution in [0.1, 0.15) is 33.6 Å². The Balaban J connectivity index is 0.000000219. The molecule has 7 nitrogen and oxygen atoms in total. The van der Waals surface area contributed by atoms with Gasteiger partial charge >= 0.3 is 18.0 Å². The van der Waals surface area contributed by atoms with Gasteiger partial charge in [-0.25, -0.2) is 14.4 Å². The van der Waals surface area contributed by atoms with E-state index in [1.165, 1.54) is 25.3 Å². The third-order valence-corrected chi connectivity index (χ3v) is 2.90. The zero-order chi connectivity index (χ0) is 15.8. The molecule has 0 radical (unpaired) electrons. The molecule has 114 valence electrons. The zero-order valence-electron chi connectivity index (χ0n) is 11.6. The lowest BCUT2D eigenvalue weighted by atomic mass is 10.1. The third kappa shape index (κ3) is 5.13. The molecule has 1 aromatic rings. The lowest BCUT2D eigenvalue weighted by molar-refractivity contribution is 0.0696. The zero-order valence-corrected chi connectivity index (χ0v) is 11.6. The number of ether oxygens (including phenoxy) is 1. The molecule has 1 aromatic carbocycles. The maximum absolute atomic E-state index is 10.7. The molecule has 21 heavy (non-hydrogen) atoms. The number of likely N-dealkylation sites (tertiary alicyclic amines) is 1. The van der Waals surface area contributed by atoms with Gasteiger partial charge < -0.3 is 19.8 Å². The van der Waals surface area contributed by atoms with Gasteiger partial charge in [0, 0.05) is 13.1 Å². The highest BCUT2D eigenvalue weighted by atomic mass is 16.5. The number of amides is 1. The second-order valence-corrected chi connectivity index (χ2v) is 4.36. The predicted molar refractivity (Wildman–Crippen MR) is 73.6 cm³/mol. The highest BCUT2D eigenvalue weighted by Gasteiger charge is 2.17. The van der Waals surface area contributed by atoms with Gasteiger partial charge in [0.05, 0.1) is 18.2 Å². The summed E-state index contributed by atoms with van der Waals surface area (Å²) in [6.45, 7) is 1.74. The SMILES string of the molecule is COC(=O)N1CCCC1.O=C(O)c1cccc(C(=O)O)c1. The predicted octanol–water partition coefficient (Wildman–Crippen LogP) is 1.93. The number of methoxy groups -OCH3 is 1. The molecule has 1 saturated heterocycles. The number of nitrogens with zero attached hydrogens (tertiary/aromatic N) is 1. The van der Waals surface area contributed by atoms with Crippen LogP contribution in [0.5, 0.6) is 0 Å². The second kappa shape index (κ2) is 7.88. The molecule has 1 aliphatic heterocycles. The van der Waals surface area contributed by atoms with E-state index in [-0.39, 0.29) is 17.2 Å². The lowest BCUT2D eigenvalue weighted by Gasteiger charge is -2.11. The Hall–Kier alpha value is -2.57. The first-order valence-corrected chi connectivity index (χ1v) is 6.35. The molecule has 1 heterocycles. The third-order valence-electron chi connectivity index (χ3n) is 2.90. The number of carboxylic acid groups (broad SMARTS) is 2. The first-order valence-electron chi connectivity index (χ1n) is 6.35. The van der Waals surface area contributed by atoms with E-state index in [0.29, 0.717) is 0 Å². The summed E-state index contributed by atoms with van der Waals surface area (Å²) in [5, 5.41) is 17.0. The topological polar surface area (TPSA) is 104 Å². The van der Waals surface area contributed by atoms with Crippen LogP contribution in [0.15, 0.2) is 24.3 Å². The first-order chi connectivity index (χ1) is 9.95. The Bertz CT molecular complexity index is 493. The fourth-order valence-corrected chi connectivity index (χ4v) is 1.81. The molecule has 1 fully saturated rings. The van der Waals surface area contributed by atoms with Crippen LogP contribution < -0.4 is 0 Å². The maximum Gasteiger partial charge on any atom is 0.409 e. The molecule has 0 spiro atoms. The van der Waals surface area contributed by atoms with E-state index >= 15 is 0 Å². The number of rotatable bonds is 2. The van der Waals surface area contributed by atoms with Crippen molar-refractivity contribution in [3.8, 4) is 0 Å². The summed E-state index contributed by atoms with van der Waals surface area (Å²) >= 11 is 0. The van der Waals surface area contributed by atoms with Gasteiger partial charge in [0.1, 0.15) is 0 Å². The van der Waals surface area contributed by atoms with E-state index in [4.69, 9.17) is 10.2 Å². The highest BCUT2D eigenvalue weighted by molar-refractivity contribution is 5.93. The summed E-state index contributed by atoms with van der Waals surface area (Å²) < 4.78 is 4.52. The summed E-state index contributed by atoms with van der Waals surface area (Å²) in [6.07, 6.45) is 2.05. The Morgan fingerprint density at radius 1 is 1.05 bits per heavy atom. The maximum atomic E-state index is 10.7. The number of hydrogen-bond donors (Lipinski definition) is 2. The van der Waals surface area contributed by atoms with E-state index in [2.05, 4.69) is 4.74 Å². The Labute approximate surface area is 121 Å². The molecule has 0 aromatic heterocycles. The van der Waals surface area contributed by atoms with E-state index < -0.39 is 11.9 Å². The standard InChI is InChI=1S/C8H6O4.C6H11NO2/c9-7(10)5-2-1-3-6(4-5)8(11)12;1-9-6(8)7-4-2-3-5-7/h1-4H,(H,9,10)(H,11,12);2-5H2,1H3. The molecule has 1 aliphatic rings. The molecule has 0 bridgehead atoms. The average molecular weight is 295 g/mol. The molecule has 0 saturated carbocycles. The molecule has 2 N–H and O–H groups in total. The molecule has 0 unspecified atom stereocenters.